The second kappa shape index (κ2) is 7.13. The molecular formula is C17H16O4S. The Morgan fingerprint density at radius 3 is 2.23 bits per heavy atom. The molecule has 0 saturated heterocycles. The van der Waals surface area contributed by atoms with Crippen molar-refractivity contribution in [3.05, 3.63) is 53.6 Å². The zero-order valence-corrected chi connectivity index (χ0v) is 13.4. The van der Waals surface area contributed by atoms with Crippen LogP contribution in [0.4, 0.5) is 0 Å². The Balaban J connectivity index is 2.69. The van der Waals surface area contributed by atoms with Gasteiger partial charge in [-0.1, -0.05) is 18.2 Å². The van der Waals surface area contributed by atoms with Gasteiger partial charge in [0.15, 0.2) is 0 Å². The number of carbonyl (C=O) groups excluding carboxylic acids is 2. The Morgan fingerprint density at radius 1 is 0.909 bits per heavy atom. The van der Waals surface area contributed by atoms with Crippen molar-refractivity contribution in [2.75, 3.05) is 20.5 Å². The molecule has 0 amide bonds. The maximum atomic E-state index is 12.0. The van der Waals surface area contributed by atoms with Crippen LogP contribution in [0.25, 0.3) is 11.1 Å². The molecule has 2 aromatic carbocycles. The number of benzene rings is 2. The van der Waals surface area contributed by atoms with Crippen LogP contribution in [0.15, 0.2) is 47.4 Å². The number of methoxy groups -OCH3 is 2. The molecule has 0 spiro atoms. The molecular weight excluding hydrogens is 300 g/mol. The average molecular weight is 316 g/mol. The summed E-state index contributed by atoms with van der Waals surface area (Å²) in [6.45, 7) is 0. The zero-order chi connectivity index (χ0) is 16.1. The lowest BCUT2D eigenvalue weighted by Crippen LogP contribution is -2.07. The van der Waals surface area contributed by atoms with Gasteiger partial charge in [-0.05, 0) is 41.6 Å². The fourth-order valence-corrected chi connectivity index (χ4v) is 2.78. The quantitative estimate of drug-likeness (QED) is 0.636. The van der Waals surface area contributed by atoms with Gasteiger partial charge in [0.1, 0.15) is 0 Å². The van der Waals surface area contributed by atoms with Crippen molar-refractivity contribution in [1.29, 1.82) is 0 Å². The van der Waals surface area contributed by atoms with E-state index >= 15 is 0 Å². The fraction of sp³-hybridized carbons (Fsp3) is 0.176. The Hall–Kier alpha value is -2.27. The number of esters is 2. The number of rotatable bonds is 4. The normalized spacial score (nSPS) is 10.1. The maximum Gasteiger partial charge on any atom is 0.338 e. The minimum atomic E-state index is -0.445. The van der Waals surface area contributed by atoms with Crippen molar-refractivity contribution in [1.82, 2.24) is 0 Å². The lowest BCUT2D eigenvalue weighted by Gasteiger charge is -2.13. The summed E-state index contributed by atoms with van der Waals surface area (Å²) in [5.74, 6) is -0.887. The van der Waals surface area contributed by atoms with E-state index in [0.29, 0.717) is 16.7 Å². The van der Waals surface area contributed by atoms with E-state index in [-0.39, 0.29) is 0 Å². The smallest absolute Gasteiger partial charge is 0.338 e. The van der Waals surface area contributed by atoms with Gasteiger partial charge in [0, 0.05) is 4.90 Å². The van der Waals surface area contributed by atoms with E-state index in [1.54, 1.807) is 30.0 Å². The molecule has 0 aromatic heterocycles. The molecule has 0 saturated carbocycles. The molecule has 114 valence electrons. The first-order valence-electron chi connectivity index (χ1n) is 6.56. The molecule has 0 aliphatic rings. The summed E-state index contributed by atoms with van der Waals surface area (Å²) in [4.78, 5) is 24.8. The van der Waals surface area contributed by atoms with Crippen molar-refractivity contribution < 1.29 is 19.1 Å². The topological polar surface area (TPSA) is 52.6 Å². The first-order chi connectivity index (χ1) is 10.6. The average Bonchev–Trinajstić information content (AvgIpc) is 2.59. The first-order valence-corrected chi connectivity index (χ1v) is 7.79. The summed E-state index contributed by atoms with van der Waals surface area (Å²) in [6, 6.07) is 12.5. The van der Waals surface area contributed by atoms with E-state index < -0.39 is 11.9 Å². The Bertz CT molecular complexity index is 710. The summed E-state index contributed by atoms with van der Waals surface area (Å²) < 4.78 is 9.59. The zero-order valence-electron chi connectivity index (χ0n) is 12.6. The molecule has 0 aliphatic heterocycles. The highest BCUT2D eigenvalue weighted by Crippen LogP contribution is 2.33. The molecule has 0 unspecified atom stereocenters. The number of hydrogen-bond donors (Lipinski definition) is 0. The van der Waals surface area contributed by atoms with Gasteiger partial charge in [0.05, 0.1) is 25.3 Å². The van der Waals surface area contributed by atoms with Gasteiger partial charge in [-0.15, -0.1) is 11.8 Å². The molecule has 4 nitrogen and oxygen atoms in total. The van der Waals surface area contributed by atoms with E-state index in [1.165, 1.54) is 14.2 Å². The molecule has 0 fully saturated rings. The van der Waals surface area contributed by atoms with E-state index in [0.717, 1.165) is 10.5 Å². The van der Waals surface area contributed by atoms with Crippen LogP contribution in [0.2, 0.25) is 0 Å². The van der Waals surface area contributed by atoms with Gasteiger partial charge in [0.2, 0.25) is 0 Å². The predicted molar refractivity (Wildman–Crippen MR) is 86.3 cm³/mol. The molecule has 0 heterocycles. The van der Waals surface area contributed by atoms with E-state index in [4.69, 9.17) is 9.47 Å². The highest BCUT2D eigenvalue weighted by atomic mass is 32.2. The van der Waals surface area contributed by atoms with Gasteiger partial charge in [-0.2, -0.15) is 0 Å². The van der Waals surface area contributed by atoms with Crippen LogP contribution in [0, 0.1) is 0 Å². The summed E-state index contributed by atoms with van der Waals surface area (Å²) >= 11 is 1.57. The van der Waals surface area contributed by atoms with Crippen LogP contribution in [-0.4, -0.2) is 32.4 Å². The van der Waals surface area contributed by atoms with Gasteiger partial charge in [0.25, 0.3) is 0 Å². The number of carbonyl (C=O) groups is 2. The first kappa shape index (κ1) is 16.1. The standard InChI is InChI=1S/C17H16O4S/c1-20-16(18)11-8-9-13(17(19)21-2)14(10-11)12-6-4-5-7-15(12)22-3/h4-10H,1-3H3. The van der Waals surface area contributed by atoms with Crippen LogP contribution in [0.5, 0.6) is 0 Å². The molecule has 2 aromatic rings. The van der Waals surface area contributed by atoms with Gasteiger partial charge in [-0.3, -0.25) is 0 Å². The van der Waals surface area contributed by atoms with Crippen LogP contribution in [0.1, 0.15) is 20.7 Å². The molecule has 0 radical (unpaired) electrons. The highest BCUT2D eigenvalue weighted by Gasteiger charge is 2.18. The third-order valence-electron chi connectivity index (χ3n) is 3.24. The summed E-state index contributed by atoms with van der Waals surface area (Å²) in [5.41, 5.74) is 2.33. The largest absolute Gasteiger partial charge is 0.465 e. The Morgan fingerprint density at radius 2 is 1.59 bits per heavy atom. The van der Waals surface area contributed by atoms with Crippen LogP contribution in [-0.2, 0) is 9.47 Å². The molecule has 0 bridgehead atoms. The number of hydrogen-bond acceptors (Lipinski definition) is 5. The van der Waals surface area contributed by atoms with E-state index in [9.17, 15) is 9.59 Å². The van der Waals surface area contributed by atoms with Crippen molar-refractivity contribution in [2.45, 2.75) is 4.90 Å². The third kappa shape index (κ3) is 3.14. The summed E-state index contributed by atoms with van der Waals surface area (Å²) in [5, 5.41) is 0. The molecule has 2 rings (SSSR count). The summed E-state index contributed by atoms with van der Waals surface area (Å²) in [6.07, 6.45) is 1.96. The molecule has 22 heavy (non-hydrogen) atoms. The molecule has 0 atom stereocenters. The monoisotopic (exact) mass is 316 g/mol. The van der Waals surface area contributed by atoms with Crippen molar-refractivity contribution in [2.24, 2.45) is 0 Å². The van der Waals surface area contributed by atoms with Gasteiger partial charge in [-0.25, -0.2) is 9.59 Å². The minimum Gasteiger partial charge on any atom is -0.465 e. The summed E-state index contributed by atoms with van der Waals surface area (Å²) in [7, 11) is 2.66. The SMILES string of the molecule is COC(=O)c1ccc(C(=O)OC)c(-c2ccccc2SC)c1. The van der Waals surface area contributed by atoms with E-state index in [1.807, 2.05) is 30.5 Å². The lowest BCUT2D eigenvalue weighted by molar-refractivity contribution is 0.0587. The number of thioether (sulfide) groups is 1. The van der Waals surface area contributed by atoms with Crippen molar-refractivity contribution in [3.8, 4) is 11.1 Å². The predicted octanol–water partition coefficient (Wildman–Crippen LogP) is 3.65. The van der Waals surface area contributed by atoms with Crippen LogP contribution >= 0.6 is 11.8 Å². The third-order valence-corrected chi connectivity index (χ3v) is 4.04. The van der Waals surface area contributed by atoms with Gasteiger partial charge >= 0.3 is 11.9 Å². The van der Waals surface area contributed by atoms with Gasteiger partial charge < -0.3 is 9.47 Å². The fourth-order valence-electron chi connectivity index (χ4n) is 2.17. The lowest BCUT2D eigenvalue weighted by atomic mass is 9.97. The Kier molecular flexibility index (Phi) is 5.22. The minimum absolute atomic E-state index is 0.390. The molecule has 0 N–H and O–H groups in total. The molecule has 0 aliphatic carbocycles. The maximum absolute atomic E-state index is 12.0. The van der Waals surface area contributed by atoms with Crippen LogP contribution in [0.3, 0.4) is 0 Å². The number of ether oxygens (including phenoxy) is 2. The Labute approximate surface area is 133 Å². The second-order valence-electron chi connectivity index (χ2n) is 4.44. The van der Waals surface area contributed by atoms with Crippen molar-refractivity contribution >= 4 is 23.7 Å². The molecule has 5 heteroatoms. The second-order valence-corrected chi connectivity index (χ2v) is 5.29. The highest BCUT2D eigenvalue weighted by molar-refractivity contribution is 7.98. The van der Waals surface area contributed by atoms with E-state index in [2.05, 4.69) is 0 Å². The van der Waals surface area contributed by atoms with Crippen molar-refractivity contribution in [3.63, 3.8) is 0 Å². The van der Waals surface area contributed by atoms with Crippen LogP contribution < -0.4 is 0 Å².